The maximum atomic E-state index is 13.2. The van der Waals surface area contributed by atoms with Crippen molar-refractivity contribution in [3.8, 4) is 0 Å². The van der Waals surface area contributed by atoms with Crippen LogP contribution in [0.2, 0.25) is 0 Å². The molecular formula is C19H18FN3O. The molecule has 1 N–H and O–H groups in total. The lowest BCUT2D eigenvalue weighted by molar-refractivity contribution is -0.124. The predicted octanol–water partition coefficient (Wildman–Crippen LogP) is 3.37. The fourth-order valence-corrected chi connectivity index (χ4v) is 3.38. The average Bonchev–Trinajstić information content (AvgIpc) is 2.95. The molecule has 1 aliphatic rings. The number of amides is 1. The highest BCUT2D eigenvalue weighted by Crippen LogP contribution is 2.41. The normalized spacial score (nSPS) is 15.9. The molecule has 0 aliphatic heterocycles. The minimum atomic E-state index is -0.360. The van der Waals surface area contributed by atoms with E-state index in [1.165, 1.54) is 12.1 Å². The zero-order chi connectivity index (χ0) is 16.6. The van der Waals surface area contributed by atoms with Gasteiger partial charge in [0, 0.05) is 0 Å². The standard InChI is InChI=1S/C19H18FN3O/c20-15-8-6-14(7-9-15)19(10-3-11-19)22-18(24)12-23-13-21-16-4-1-2-5-17(16)23/h1-2,4-9,13H,3,10-12H2,(H,22,24). The van der Waals surface area contributed by atoms with E-state index in [-0.39, 0.29) is 23.8 Å². The lowest BCUT2D eigenvalue weighted by Gasteiger charge is -2.43. The van der Waals surface area contributed by atoms with Gasteiger partial charge in [-0.3, -0.25) is 4.79 Å². The van der Waals surface area contributed by atoms with E-state index in [2.05, 4.69) is 10.3 Å². The van der Waals surface area contributed by atoms with Gasteiger partial charge in [-0.2, -0.15) is 0 Å². The van der Waals surface area contributed by atoms with Crippen molar-refractivity contribution in [1.29, 1.82) is 0 Å². The van der Waals surface area contributed by atoms with E-state index in [1.807, 2.05) is 28.8 Å². The molecule has 0 radical (unpaired) electrons. The van der Waals surface area contributed by atoms with Crippen molar-refractivity contribution in [1.82, 2.24) is 14.9 Å². The first-order valence-electron chi connectivity index (χ1n) is 8.13. The summed E-state index contributed by atoms with van der Waals surface area (Å²) in [4.78, 5) is 16.9. The number of nitrogens with one attached hydrogen (secondary N) is 1. The third-order valence-electron chi connectivity index (χ3n) is 4.82. The van der Waals surface area contributed by atoms with Crippen LogP contribution in [0, 0.1) is 5.82 Å². The molecule has 3 aromatic rings. The second-order valence-corrected chi connectivity index (χ2v) is 6.35. The zero-order valence-electron chi connectivity index (χ0n) is 13.2. The van der Waals surface area contributed by atoms with Crippen LogP contribution >= 0.6 is 0 Å². The number of aromatic nitrogens is 2. The predicted molar refractivity (Wildman–Crippen MR) is 89.8 cm³/mol. The summed E-state index contributed by atoms with van der Waals surface area (Å²) in [6.45, 7) is 0.226. The quantitative estimate of drug-likeness (QED) is 0.800. The first kappa shape index (κ1) is 14.9. The summed E-state index contributed by atoms with van der Waals surface area (Å²) < 4.78 is 15.0. The second kappa shape index (κ2) is 5.74. The van der Waals surface area contributed by atoms with Gasteiger partial charge in [0.25, 0.3) is 0 Å². The Balaban J connectivity index is 1.53. The van der Waals surface area contributed by atoms with Gasteiger partial charge in [-0.15, -0.1) is 0 Å². The van der Waals surface area contributed by atoms with Crippen molar-refractivity contribution in [2.75, 3.05) is 0 Å². The van der Waals surface area contributed by atoms with Crippen LogP contribution in [0.15, 0.2) is 54.9 Å². The van der Waals surface area contributed by atoms with E-state index in [0.717, 1.165) is 35.9 Å². The number of benzene rings is 2. The Morgan fingerprint density at radius 3 is 2.62 bits per heavy atom. The monoisotopic (exact) mass is 323 g/mol. The molecule has 0 saturated heterocycles. The number of carbonyl (C=O) groups excluding carboxylic acids is 1. The number of nitrogens with zero attached hydrogens (tertiary/aromatic N) is 2. The SMILES string of the molecule is O=C(Cn1cnc2ccccc21)NC1(c2ccc(F)cc2)CCC1. The minimum Gasteiger partial charge on any atom is -0.345 e. The largest absolute Gasteiger partial charge is 0.345 e. The van der Waals surface area contributed by atoms with Crippen molar-refractivity contribution < 1.29 is 9.18 Å². The number of fused-ring (bicyclic) bond motifs is 1. The fourth-order valence-electron chi connectivity index (χ4n) is 3.38. The van der Waals surface area contributed by atoms with Crippen molar-refractivity contribution >= 4 is 16.9 Å². The number of rotatable bonds is 4. The van der Waals surface area contributed by atoms with Crippen LogP contribution in [-0.2, 0) is 16.9 Å². The van der Waals surface area contributed by atoms with Gasteiger partial charge in [-0.25, -0.2) is 9.37 Å². The fraction of sp³-hybridized carbons (Fsp3) is 0.263. The smallest absolute Gasteiger partial charge is 0.240 e. The number of para-hydroxylation sites is 2. The Kier molecular flexibility index (Phi) is 3.56. The van der Waals surface area contributed by atoms with Gasteiger partial charge >= 0.3 is 0 Å². The second-order valence-electron chi connectivity index (χ2n) is 6.35. The van der Waals surface area contributed by atoms with E-state index in [0.29, 0.717) is 0 Å². The Morgan fingerprint density at radius 2 is 1.92 bits per heavy atom. The molecule has 24 heavy (non-hydrogen) atoms. The van der Waals surface area contributed by atoms with Crippen molar-refractivity contribution in [2.24, 2.45) is 0 Å². The molecule has 1 aromatic heterocycles. The van der Waals surface area contributed by atoms with Crippen LogP contribution in [0.25, 0.3) is 11.0 Å². The molecular weight excluding hydrogens is 305 g/mol. The number of hydrogen-bond donors (Lipinski definition) is 1. The molecule has 1 heterocycles. The summed E-state index contributed by atoms with van der Waals surface area (Å²) in [5.74, 6) is -0.313. The van der Waals surface area contributed by atoms with Gasteiger partial charge in [-0.1, -0.05) is 24.3 Å². The third-order valence-corrected chi connectivity index (χ3v) is 4.82. The van der Waals surface area contributed by atoms with E-state index in [4.69, 9.17) is 0 Å². The maximum Gasteiger partial charge on any atom is 0.240 e. The Hall–Kier alpha value is -2.69. The van der Waals surface area contributed by atoms with Crippen molar-refractivity contribution in [3.63, 3.8) is 0 Å². The topological polar surface area (TPSA) is 46.9 Å². The lowest BCUT2D eigenvalue weighted by atomic mass is 9.72. The van der Waals surface area contributed by atoms with Gasteiger partial charge in [0.1, 0.15) is 12.4 Å². The highest BCUT2D eigenvalue weighted by Gasteiger charge is 2.39. The maximum absolute atomic E-state index is 13.2. The zero-order valence-corrected chi connectivity index (χ0v) is 13.2. The summed E-state index contributed by atoms with van der Waals surface area (Å²) in [6, 6.07) is 14.2. The van der Waals surface area contributed by atoms with Gasteiger partial charge < -0.3 is 9.88 Å². The van der Waals surface area contributed by atoms with Gasteiger partial charge in [0.2, 0.25) is 5.91 Å². The van der Waals surface area contributed by atoms with Crippen molar-refractivity contribution in [2.45, 2.75) is 31.3 Å². The van der Waals surface area contributed by atoms with Crippen LogP contribution in [-0.4, -0.2) is 15.5 Å². The molecule has 0 atom stereocenters. The summed E-state index contributed by atoms with van der Waals surface area (Å²) in [6.07, 6.45) is 4.52. The molecule has 0 spiro atoms. The Bertz CT molecular complexity index is 881. The van der Waals surface area contributed by atoms with Gasteiger partial charge in [0.15, 0.2) is 0 Å². The molecule has 1 fully saturated rings. The van der Waals surface area contributed by atoms with Crippen LogP contribution in [0.5, 0.6) is 0 Å². The molecule has 4 nitrogen and oxygen atoms in total. The summed E-state index contributed by atoms with van der Waals surface area (Å²) in [5, 5.41) is 3.16. The Labute approximate surface area is 139 Å². The van der Waals surface area contributed by atoms with Crippen molar-refractivity contribution in [3.05, 3.63) is 66.2 Å². The Morgan fingerprint density at radius 1 is 1.17 bits per heavy atom. The highest BCUT2D eigenvalue weighted by molar-refractivity contribution is 5.81. The average molecular weight is 323 g/mol. The van der Waals surface area contributed by atoms with E-state index in [1.54, 1.807) is 18.5 Å². The van der Waals surface area contributed by atoms with Gasteiger partial charge in [0.05, 0.1) is 22.9 Å². The summed E-state index contributed by atoms with van der Waals surface area (Å²) in [5.41, 5.74) is 2.43. The van der Waals surface area contributed by atoms with E-state index >= 15 is 0 Å². The first-order valence-corrected chi connectivity index (χ1v) is 8.13. The lowest BCUT2D eigenvalue weighted by Crippen LogP contribution is -2.51. The third kappa shape index (κ3) is 2.56. The summed E-state index contributed by atoms with van der Waals surface area (Å²) in [7, 11) is 0. The van der Waals surface area contributed by atoms with Crippen LogP contribution in [0.3, 0.4) is 0 Å². The number of imidazole rings is 1. The molecule has 2 aromatic carbocycles. The number of halogens is 1. The molecule has 0 unspecified atom stereocenters. The molecule has 1 amide bonds. The van der Waals surface area contributed by atoms with Crippen LogP contribution in [0.4, 0.5) is 4.39 Å². The van der Waals surface area contributed by atoms with Crippen LogP contribution in [0.1, 0.15) is 24.8 Å². The molecule has 1 aliphatic carbocycles. The molecule has 5 heteroatoms. The highest BCUT2D eigenvalue weighted by atomic mass is 19.1. The van der Waals surface area contributed by atoms with E-state index in [9.17, 15) is 9.18 Å². The molecule has 4 rings (SSSR count). The number of hydrogen-bond acceptors (Lipinski definition) is 2. The molecule has 1 saturated carbocycles. The first-order chi connectivity index (χ1) is 11.7. The van der Waals surface area contributed by atoms with E-state index < -0.39 is 0 Å². The summed E-state index contributed by atoms with van der Waals surface area (Å²) >= 11 is 0. The minimum absolute atomic E-state index is 0.0535. The molecule has 122 valence electrons. The van der Waals surface area contributed by atoms with Gasteiger partial charge in [-0.05, 0) is 49.1 Å². The number of carbonyl (C=O) groups is 1. The van der Waals surface area contributed by atoms with Crippen LogP contribution < -0.4 is 5.32 Å². The molecule has 0 bridgehead atoms.